The summed E-state index contributed by atoms with van der Waals surface area (Å²) in [5.74, 6) is -0.809. The third-order valence-electron chi connectivity index (χ3n) is 4.09. The van der Waals surface area contributed by atoms with Crippen LogP contribution in [0.15, 0.2) is 0 Å². The Bertz CT molecular complexity index is 467. The Morgan fingerprint density at radius 1 is 1.43 bits per heavy atom. The second kappa shape index (κ2) is 5.51. The van der Waals surface area contributed by atoms with Gasteiger partial charge >= 0.3 is 6.09 Å². The molecule has 2 saturated heterocycles. The van der Waals surface area contributed by atoms with E-state index in [-0.39, 0.29) is 18.5 Å². The lowest BCUT2D eigenvalue weighted by Crippen LogP contribution is -2.76. The molecule has 2 rings (SSSR count). The zero-order chi connectivity index (χ0) is 15.8. The van der Waals surface area contributed by atoms with Crippen molar-refractivity contribution in [2.24, 2.45) is 0 Å². The summed E-state index contributed by atoms with van der Waals surface area (Å²) in [6.07, 6.45) is -0.0143. The van der Waals surface area contributed by atoms with Crippen LogP contribution in [-0.4, -0.2) is 75.2 Å². The number of nitrogens with zero attached hydrogens (tertiary/aromatic N) is 2. The van der Waals surface area contributed by atoms with Gasteiger partial charge in [-0.3, -0.25) is 14.5 Å². The van der Waals surface area contributed by atoms with E-state index in [4.69, 9.17) is 5.11 Å². The molecule has 8 heteroatoms. The second-order valence-electron chi connectivity index (χ2n) is 5.86. The van der Waals surface area contributed by atoms with Gasteiger partial charge in [0.2, 0.25) is 5.91 Å². The molecule has 0 saturated carbocycles. The van der Waals surface area contributed by atoms with E-state index in [1.807, 2.05) is 0 Å². The van der Waals surface area contributed by atoms with Crippen LogP contribution in [0, 0.1) is 0 Å². The molecule has 2 heterocycles. The quantitative estimate of drug-likeness (QED) is 0.590. The van der Waals surface area contributed by atoms with Gasteiger partial charge in [0, 0.05) is 12.6 Å². The van der Waals surface area contributed by atoms with Crippen molar-refractivity contribution in [2.45, 2.75) is 44.3 Å². The molecule has 0 bridgehead atoms. The molecule has 0 radical (unpaired) electrons. The largest absolute Gasteiger partial charge is 0.465 e. The van der Waals surface area contributed by atoms with E-state index >= 15 is 0 Å². The van der Waals surface area contributed by atoms with Gasteiger partial charge in [0.05, 0.1) is 13.2 Å². The molecule has 1 spiro atoms. The first-order valence-electron chi connectivity index (χ1n) is 7.06. The van der Waals surface area contributed by atoms with E-state index in [2.05, 4.69) is 5.32 Å². The van der Waals surface area contributed by atoms with Crippen LogP contribution in [0.2, 0.25) is 0 Å². The predicted molar refractivity (Wildman–Crippen MR) is 72.6 cm³/mol. The summed E-state index contributed by atoms with van der Waals surface area (Å²) in [7, 11) is 0. The number of carbonyl (C=O) groups excluding carboxylic acids is 2. The first kappa shape index (κ1) is 15.6. The van der Waals surface area contributed by atoms with Gasteiger partial charge in [-0.2, -0.15) is 0 Å². The molecule has 3 N–H and O–H groups in total. The number of carbonyl (C=O) groups is 3. The molecule has 0 aromatic heterocycles. The van der Waals surface area contributed by atoms with Crippen LogP contribution in [0.4, 0.5) is 4.79 Å². The number of likely N-dealkylation sites (tertiary alicyclic amines) is 2. The highest BCUT2D eigenvalue weighted by atomic mass is 16.4. The minimum atomic E-state index is -1.12. The number of aliphatic hydroxyl groups excluding tert-OH is 1. The van der Waals surface area contributed by atoms with Crippen LogP contribution in [0.1, 0.15) is 26.7 Å². The van der Waals surface area contributed by atoms with Gasteiger partial charge in [0.15, 0.2) is 0 Å². The molecule has 2 unspecified atom stereocenters. The normalized spacial score (nSPS) is 26.2. The van der Waals surface area contributed by atoms with Crippen LogP contribution in [0.5, 0.6) is 0 Å². The highest BCUT2D eigenvalue weighted by molar-refractivity contribution is 5.99. The number of aliphatic hydroxyl groups is 1. The molecule has 118 valence electrons. The van der Waals surface area contributed by atoms with E-state index in [9.17, 15) is 19.5 Å². The molecule has 0 aromatic carbocycles. The van der Waals surface area contributed by atoms with Crippen molar-refractivity contribution in [3.8, 4) is 0 Å². The molecule has 3 amide bonds. The van der Waals surface area contributed by atoms with Crippen LogP contribution in [-0.2, 0) is 9.59 Å². The number of rotatable bonds is 4. The first-order chi connectivity index (χ1) is 9.83. The lowest BCUT2D eigenvalue weighted by atomic mass is 9.84. The lowest BCUT2D eigenvalue weighted by Gasteiger charge is -2.52. The molecular formula is C13H21N3O5. The summed E-state index contributed by atoms with van der Waals surface area (Å²) >= 11 is 0. The summed E-state index contributed by atoms with van der Waals surface area (Å²) in [6.45, 7) is 3.59. The molecular weight excluding hydrogens is 278 g/mol. The van der Waals surface area contributed by atoms with Crippen LogP contribution < -0.4 is 5.32 Å². The highest BCUT2D eigenvalue weighted by Gasteiger charge is 2.61. The third kappa shape index (κ3) is 2.44. The van der Waals surface area contributed by atoms with Crippen molar-refractivity contribution in [3.63, 3.8) is 0 Å². The molecule has 2 fully saturated rings. The van der Waals surface area contributed by atoms with E-state index in [0.717, 1.165) is 4.90 Å². The van der Waals surface area contributed by atoms with E-state index in [0.29, 0.717) is 19.4 Å². The first-order valence-corrected chi connectivity index (χ1v) is 7.06. The molecule has 0 aromatic rings. The minimum absolute atomic E-state index is 0.0983. The Morgan fingerprint density at radius 3 is 2.57 bits per heavy atom. The van der Waals surface area contributed by atoms with E-state index in [1.54, 1.807) is 13.8 Å². The standard InChI is InChI=1S/C13H21N3O5/c1-8(2)14-10(18)9(6-17)15-7-13(11(15)19)4-3-5-16(13)12(20)21/h8-9,17H,3-7H2,1-2H3,(H,14,18)(H,20,21). The van der Waals surface area contributed by atoms with Gasteiger partial charge < -0.3 is 20.4 Å². The summed E-state index contributed by atoms with van der Waals surface area (Å²) in [5, 5.41) is 21.2. The summed E-state index contributed by atoms with van der Waals surface area (Å²) < 4.78 is 0. The molecule has 2 atom stereocenters. The summed E-state index contributed by atoms with van der Waals surface area (Å²) in [4.78, 5) is 38.0. The van der Waals surface area contributed by atoms with Gasteiger partial charge in [0.25, 0.3) is 5.91 Å². The van der Waals surface area contributed by atoms with Crippen molar-refractivity contribution < 1.29 is 24.6 Å². The Balaban J connectivity index is 2.10. The van der Waals surface area contributed by atoms with Crippen molar-refractivity contribution in [1.82, 2.24) is 15.1 Å². The zero-order valence-electron chi connectivity index (χ0n) is 12.2. The highest BCUT2D eigenvalue weighted by Crippen LogP contribution is 2.39. The fourth-order valence-corrected chi connectivity index (χ4v) is 3.10. The van der Waals surface area contributed by atoms with Crippen molar-refractivity contribution in [2.75, 3.05) is 19.7 Å². The molecule has 2 aliphatic rings. The SMILES string of the molecule is CC(C)NC(=O)C(CO)N1CC2(CCCN2C(=O)O)C1=O. The third-order valence-corrected chi connectivity index (χ3v) is 4.09. The summed E-state index contributed by atoms with van der Waals surface area (Å²) in [5.41, 5.74) is -1.03. The fraction of sp³-hybridized carbons (Fsp3) is 0.769. The number of amides is 3. The maximum absolute atomic E-state index is 12.4. The molecule has 2 aliphatic heterocycles. The van der Waals surface area contributed by atoms with Crippen LogP contribution in [0.25, 0.3) is 0 Å². The van der Waals surface area contributed by atoms with Crippen LogP contribution in [0.3, 0.4) is 0 Å². The summed E-state index contributed by atoms with van der Waals surface area (Å²) in [6, 6.07) is -1.05. The molecule has 21 heavy (non-hydrogen) atoms. The second-order valence-corrected chi connectivity index (χ2v) is 5.86. The van der Waals surface area contributed by atoms with Crippen LogP contribution >= 0.6 is 0 Å². The lowest BCUT2D eigenvalue weighted by molar-refractivity contribution is -0.168. The zero-order valence-corrected chi connectivity index (χ0v) is 12.2. The van der Waals surface area contributed by atoms with Gasteiger partial charge in [-0.1, -0.05) is 0 Å². The van der Waals surface area contributed by atoms with E-state index < -0.39 is 30.2 Å². The maximum atomic E-state index is 12.4. The predicted octanol–water partition coefficient (Wildman–Crippen LogP) is -0.773. The maximum Gasteiger partial charge on any atom is 0.408 e. The van der Waals surface area contributed by atoms with Gasteiger partial charge in [-0.05, 0) is 26.7 Å². The smallest absolute Gasteiger partial charge is 0.408 e. The van der Waals surface area contributed by atoms with E-state index in [1.165, 1.54) is 4.90 Å². The Kier molecular flexibility index (Phi) is 4.08. The van der Waals surface area contributed by atoms with Crippen molar-refractivity contribution in [1.29, 1.82) is 0 Å². The monoisotopic (exact) mass is 299 g/mol. The van der Waals surface area contributed by atoms with Gasteiger partial charge in [-0.25, -0.2) is 4.79 Å². The number of carboxylic acid groups (broad SMARTS) is 1. The number of hydrogen-bond donors (Lipinski definition) is 3. The Hall–Kier alpha value is -1.83. The van der Waals surface area contributed by atoms with Gasteiger partial charge in [0.1, 0.15) is 11.6 Å². The van der Waals surface area contributed by atoms with Crippen molar-refractivity contribution >= 4 is 17.9 Å². The Morgan fingerprint density at radius 2 is 2.10 bits per heavy atom. The number of nitrogens with one attached hydrogen (secondary N) is 1. The van der Waals surface area contributed by atoms with Gasteiger partial charge in [-0.15, -0.1) is 0 Å². The average molecular weight is 299 g/mol. The average Bonchev–Trinajstić information content (AvgIpc) is 2.84. The number of β-lactam (4-membered cyclic amide) rings is 1. The molecule has 8 nitrogen and oxygen atoms in total. The molecule has 0 aliphatic carbocycles. The Labute approximate surface area is 122 Å². The van der Waals surface area contributed by atoms with Crippen molar-refractivity contribution in [3.05, 3.63) is 0 Å². The topological polar surface area (TPSA) is 110 Å². The fourth-order valence-electron chi connectivity index (χ4n) is 3.10. The minimum Gasteiger partial charge on any atom is -0.465 e. The number of hydrogen-bond acceptors (Lipinski definition) is 4.